The van der Waals surface area contributed by atoms with E-state index in [1.54, 1.807) is 12.3 Å². The first-order valence-corrected chi connectivity index (χ1v) is 9.35. The molecule has 0 fully saturated rings. The lowest BCUT2D eigenvalue weighted by atomic mass is 10.2. The van der Waals surface area contributed by atoms with Crippen LogP contribution in [0.4, 0.5) is 18.9 Å². The number of amides is 1. The van der Waals surface area contributed by atoms with Gasteiger partial charge < -0.3 is 14.3 Å². The Bertz CT molecular complexity index is 981. The van der Waals surface area contributed by atoms with Crippen molar-refractivity contribution < 1.29 is 22.4 Å². The number of furan rings is 1. The van der Waals surface area contributed by atoms with E-state index >= 15 is 0 Å². The van der Waals surface area contributed by atoms with Crippen molar-refractivity contribution in [1.29, 1.82) is 0 Å². The maximum absolute atomic E-state index is 12.8. The fourth-order valence-electron chi connectivity index (χ4n) is 2.60. The number of carbonyl (C=O) groups is 1. The van der Waals surface area contributed by atoms with E-state index in [0.29, 0.717) is 23.3 Å². The molecule has 1 N–H and O–H groups in total. The van der Waals surface area contributed by atoms with E-state index in [1.165, 1.54) is 12.1 Å². The SMILES string of the molecule is CCn1c(SCC(=O)Nc2cccc(C(F)(F)F)c2)nnc1-c1ccoc1C. The van der Waals surface area contributed by atoms with Crippen LogP contribution < -0.4 is 5.32 Å². The number of hydrogen-bond donors (Lipinski definition) is 1. The maximum Gasteiger partial charge on any atom is 0.416 e. The van der Waals surface area contributed by atoms with Gasteiger partial charge in [-0.15, -0.1) is 10.2 Å². The van der Waals surface area contributed by atoms with Gasteiger partial charge in [0.15, 0.2) is 11.0 Å². The minimum atomic E-state index is -4.46. The predicted octanol–water partition coefficient (Wildman–Crippen LogP) is 4.62. The van der Waals surface area contributed by atoms with E-state index in [2.05, 4.69) is 15.5 Å². The van der Waals surface area contributed by atoms with Crippen molar-refractivity contribution in [2.75, 3.05) is 11.1 Å². The molecular weight excluding hydrogens is 393 g/mol. The Morgan fingerprint density at radius 3 is 2.71 bits per heavy atom. The van der Waals surface area contributed by atoms with Gasteiger partial charge in [-0.1, -0.05) is 17.8 Å². The molecule has 2 heterocycles. The monoisotopic (exact) mass is 410 g/mol. The topological polar surface area (TPSA) is 73.0 Å². The number of halogens is 3. The Morgan fingerprint density at radius 1 is 1.29 bits per heavy atom. The van der Waals surface area contributed by atoms with Crippen molar-refractivity contribution in [1.82, 2.24) is 14.8 Å². The van der Waals surface area contributed by atoms with Crippen LogP contribution in [0, 0.1) is 6.92 Å². The predicted molar refractivity (Wildman–Crippen MR) is 98.9 cm³/mol. The maximum atomic E-state index is 12.8. The van der Waals surface area contributed by atoms with Gasteiger partial charge >= 0.3 is 6.18 Å². The molecule has 3 aromatic rings. The lowest BCUT2D eigenvalue weighted by Crippen LogP contribution is -2.15. The van der Waals surface area contributed by atoms with Gasteiger partial charge in [-0.05, 0) is 38.1 Å². The number of rotatable bonds is 6. The van der Waals surface area contributed by atoms with Crippen LogP contribution in [0.15, 0.2) is 46.2 Å². The summed E-state index contributed by atoms with van der Waals surface area (Å²) in [6.45, 7) is 4.33. The standard InChI is InChI=1S/C18H17F3N4O2S/c1-3-25-16(14-7-8-27-11(14)2)23-24-17(25)28-10-15(26)22-13-6-4-5-12(9-13)18(19,20)21/h4-9H,3,10H2,1-2H3,(H,22,26). The summed E-state index contributed by atoms with van der Waals surface area (Å²) < 4.78 is 45.4. The molecule has 2 aromatic heterocycles. The smallest absolute Gasteiger partial charge is 0.416 e. The van der Waals surface area contributed by atoms with Gasteiger partial charge in [-0.3, -0.25) is 4.79 Å². The number of anilines is 1. The van der Waals surface area contributed by atoms with Crippen molar-refractivity contribution in [2.24, 2.45) is 0 Å². The molecule has 0 aliphatic rings. The summed E-state index contributed by atoms with van der Waals surface area (Å²) in [6, 6.07) is 6.30. The highest BCUT2D eigenvalue weighted by Crippen LogP contribution is 2.31. The molecular formula is C18H17F3N4O2S. The highest BCUT2D eigenvalue weighted by Gasteiger charge is 2.30. The second-order valence-electron chi connectivity index (χ2n) is 5.86. The van der Waals surface area contributed by atoms with Crippen molar-refractivity contribution in [2.45, 2.75) is 31.7 Å². The van der Waals surface area contributed by atoms with E-state index in [9.17, 15) is 18.0 Å². The average molecular weight is 410 g/mol. The Morgan fingerprint density at radius 2 is 2.07 bits per heavy atom. The Labute approximate surface area is 163 Å². The molecule has 1 aromatic carbocycles. The fraction of sp³-hybridized carbons (Fsp3) is 0.278. The van der Waals surface area contributed by atoms with Gasteiger partial charge in [0.25, 0.3) is 0 Å². The first kappa shape index (κ1) is 20.0. The van der Waals surface area contributed by atoms with Gasteiger partial charge in [0.1, 0.15) is 5.76 Å². The first-order valence-electron chi connectivity index (χ1n) is 8.37. The number of nitrogens with one attached hydrogen (secondary N) is 1. The minimum absolute atomic E-state index is 0.0151. The van der Waals surface area contributed by atoms with Crippen molar-refractivity contribution in [3.63, 3.8) is 0 Å². The molecule has 0 saturated heterocycles. The molecule has 10 heteroatoms. The molecule has 0 aliphatic carbocycles. The molecule has 3 rings (SSSR count). The zero-order valence-electron chi connectivity index (χ0n) is 15.1. The molecule has 0 atom stereocenters. The zero-order chi connectivity index (χ0) is 20.3. The average Bonchev–Trinajstić information content (AvgIpc) is 3.24. The third-order valence-corrected chi connectivity index (χ3v) is 4.91. The molecule has 0 radical (unpaired) electrons. The van der Waals surface area contributed by atoms with E-state index in [1.807, 2.05) is 18.4 Å². The third kappa shape index (κ3) is 4.38. The summed E-state index contributed by atoms with van der Waals surface area (Å²) in [5, 5.41) is 11.3. The van der Waals surface area contributed by atoms with Crippen LogP contribution in [-0.4, -0.2) is 26.4 Å². The van der Waals surface area contributed by atoms with Gasteiger partial charge in [0, 0.05) is 12.2 Å². The van der Waals surface area contributed by atoms with Crippen molar-refractivity contribution >= 4 is 23.4 Å². The van der Waals surface area contributed by atoms with E-state index < -0.39 is 17.6 Å². The van der Waals surface area contributed by atoms with E-state index in [-0.39, 0.29) is 11.4 Å². The number of nitrogens with zero attached hydrogens (tertiary/aromatic N) is 3. The lowest BCUT2D eigenvalue weighted by Gasteiger charge is -2.10. The number of thioether (sulfide) groups is 1. The Kier molecular flexibility index (Phi) is 5.78. The van der Waals surface area contributed by atoms with Crippen LogP contribution in [0.1, 0.15) is 18.2 Å². The molecule has 1 amide bonds. The first-order chi connectivity index (χ1) is 13.3. The zero-order valence-corrected chi connectivity index (χ0v) is 15.9. The van der Waals surface area contributed by atoms with Crippen LogP contribution in [0.25, 0.3) is 11.4 Å². The summed E-state index contributed by atoms with van der Waals surface area (Å²) in [5.74, 6) is 0.894. The lowest BCUT2D eigenvalue weighted by molar-refractivity contribution is -0.137. The summed E-state index contributed by atoms with van der Waals surface area (Å²) in [7, 11) is 0. The van der Waals surface area contributed by atoms with E-state index in [4.69, 9.17) is 4.42 Å². The molecule has 0 spiro atoms. The van der Waals surface area contributed by atoms with E-state index in [0.717, 1.165) is 29.5 Å². The summed E-state index contributed by atoms with van der Waals surface area (Å²) in [6.07, 6.45) is -2.90. The van der Waals surface area contributed by atoms with Crippen LogP contribution in [-0.2, 0) is 17.5 Å². The normalized spacial score (nSPS) is 11.6. The quantitative estimate of drug-likeness (QED) is 0.601. The van der Waals surface area contributed by atoms with Gasteiger partial charge in [0.05, 0.1) is 23.1 Å². The molecule has 0 saturated carbocycles. The summed E-state index contributed by atoms with van der Waals surface area (Å²) in [4.78, 5) is 12.2. The summed E-state index contributed by atoms with van der Waals surface area (Å²) >= 11 is 1.16. The van der Waals surface area contributed by atoms with Gasteiger partial charge in [-0.2, -0.15) is 13.2 Å². The van der Waals surface area contributed by atoms with Crippen LogP contribution in [0.3, 0.4) is 0 Å². The van der Waals surface area contributed by atoms with Gasteiger partial charge in [-0.25, -0.2) is 0 Å². The highest BCUT2D eigenvalue weighted by atomic mass is 32.2. The van der Waals surface area contributed by atoms with Crippen LogP contribution in [0.5, 0.6) is 0 Å². The van der Waals surface area contributed by atoms with Crippen LogP contribution in [0.2, 0.25) is 0 Å². The molecule has 28 heavy (non-hydrogen) atoms. The number of alkyl halides is 3. The second-order valence-corrected chi connectivity index (χ2v) is 6.80. The Hall–Kier alpha value is -2.75. The third-order valence-electron chi connectivity index (χ3n) is 3.94. The van der Waals surface area contributed by atoms with Crippen molar-refractivity contribution in [3.05, 3.63) is 47.9 Å². The Balaban J connectivity index is 1.67. The molecule has 0 unspecified atom stereocenters. The highest BCUT2D eigenvalue weighted by molar-refractivity contribution is 7.99. The fourth-order valence-corrected chi connectivity index (χ4v) is 3.40. The van der Waals surface area contributed by atoms with Crippen LogP contribution >= 0.6 is 11.8 Å². The number of aryl methyl sites for hydroxylation is 1. The molecule has 6 nitrogen and oxygen atoms in total. The van der Waals surface area contributed by atoms with Crippen molar-refractivity contribution in [3.8, 4) is 11.4 Å². The number of hydrogen-bond acceptors (Lipinski definition) is 5. The van der Waals surface area contributed by atoms with Gasteiger partial charge in [0.2, 0.25) is 5.91 Å². The molecule has 0 aliphatic heterocycles. The summed E-state index contributed by atoms with van der Waals surface area (Å²) in [5.41, 5.74) is 0.0884. The molecule has 148 valence electrons. The largest absolute Gasteiger partial charge is 0.469 e. The number of aromatic nitrogens is 3. The molecule has 0 bridgehead atoms. The number of benzene rings is 1. The minimum Gasteiger partial charge on any atom is -0.469 e. The number of carbonyl (C=O) groups excluding carboxylic acids is 1. The second kappa shape index (κ2) is 8.09.